The van der Waals surface area contributed by atoms with Crippen LogP contribution in [0.25, 0.3) is 0 Å². The maximum Gasteiger partial charge on any atom is 0.317 e. The number of carboxylic acid groups (broad SMARTS) is 1. The molecule has 0 aliphatic carbocycles. The number of benzene rings is 1. The Morgan fingerprint density at radius 3 is 2.89 bits per heavy atom. The van der Waals surface area contributed by atoms with Crippen LogP contribution in [-0.4, -0.2) is 35.1 Å². The molecule has 0 radical (unpaired) electrons. The zero-order valence-corrected chi connectivity index (χ0v) is 11.1. The zero-order chi connectivity index (χ0) is 13.8. The van der Waals surface area contributed by atoms with Crippen molar-refractivity contribution in [3.05, 3.63) is 34.9 Å². The summed E-state index contributed by atoms with van der Waals surface area (Å²) in [5.74, 6) is -1.29. The summed E-state index contributed by atoms with van der Waals surface area (Å²) in [6, 6.07) is 7.01. The quantitative estimate of drug-likeness (QED) is 0.890. The van der Waals surface area contributed by atoms with E-state index in [1.54, 1.807) is 12.1 Å². The Morgan fingerprint density at radius 1 is 1.47 bits per heavy atom. The van der Waals surface area contributed by atoms with E-state index in [1.165, 1.54) is 4.90 Å². The first-order chi connectivity index (χ1) is 9.06. The number of hydrogen-bond donors (Lipinski definition) is 2. The minimum atomic E-state index is -0.842. The lowest BCUT2D eigenvalue weighted by atomic mass is 10.1. The number of carbonyl (C=O) groups excluding carboxylic acids is 1. The van der Waals surface area contributed by atoms with Gasteiger partial charge in [-0.3, -0.25) is 4.79 Å². The van der Waals surface area contributed by atoms with Crippen molar-refractivity contribution in [2.75, 3.05) is 13.1 Å². The molecule has 0 aromatic heterocycles. The van der Waals surface area contributed by atoms with Crippen molar-refractivity contribution in [3.8, 4) is 0 Å². The van der Waals surface area contributed by atoms with Crippen molar-refractivity contribution in [1.82, 2.24) is 10.2 Å². The molecule has 1 aromatic carbocycles. The topological polar surface area (TPSA) is 69.6 Å². The third-order valence-electron chi connectivity index (χ3n) is 3.16. The van der Waals surface area contributed by atoms with Crippen LogP contribution in [0.15, 0.2) is 24.3 Å². The molecule has 6 heteroatoms. The molecule has 1 unspecified atom stereocenters. The van der Waals surface area contributed by atoms with Crippen LogP contribution in [-0.2, 0) is 11.3 Å². The zero-order valence-electron chi connectivity index (χ0n) is 10.3. The fourth-order valence-electron chi connectivity index (χ4n) is 2.08. The molecule has 0 spiro atoms. The molecule has 2 N–H and O–H groups in total. The van der Waals surface area contributed by atoms with E-state index in [0.29, 0.717) is 24.5 Å². The molecule has 0 bridgehead atoms. The summed E-state index contributed by atoms with van der Waals surface area (Å²) in [5, 5.41) is 12.3. The number of rotatable bonds is 3. The Hall–Kier alpha value is -1.75. The second kappa shape index (κ2) is 5.93. The van der Waals surface area contributed by atoms with Crippen LogP contribution in [0.3, 0.4) is 0 Å². The van der Waals surface area contributed by atoms with Crippen LogP contribution >= 0.6 is 11.6 Å². The van der Waals surface area contributed by atoms with Crippen molar-refractivity contribution in [3.63, 3.8) is 0 Å². The average Bonchev–Trinajstić information content (AvgIpc) is 2.86. The van der Waals surface area contributed by atoms with Gasteiger partial charge in [0, 0.05) is 24.7 Å². The normalized spacial score (nSPS) is 18.4. The van der Waals surface area contributed by atoms with Crippen LogP contribution in [0.1, 0.15) is 12.0 Å². The van der Waals surface area contributed by atoms with Crippen LogP contribution in [0.2, 0.25) is 5.02 Å². The molecule has 1 aliphatic rings. The summed E-state index contributed by atoms with van der Waals surface area (Å²) in [7, 11) is 0. The number of halogens is 1. The Morgan fingerprint density at radius 2 is 2.26 bits per heavy atom. The van der Waals surface area contributed by atoms with Gasteiger partial charge < -0.3 is 15.3 Å². The molecule has 0 saturated carbocycles. The van der Waals surface area contributed by atoms with Gasteiger partial charge in [0.15, 0.2) is 0 Å². The number of amides is 2. The van der Waals surface area contributed by atoms with E-state index in [9.17, 15) is 9.59 Å². The molecule has 1 fully saturated rings. The Kier molecular flexibility index (Phi) is 4.27. The smallest absolute Gasteiger partial charge is 0.317 e. The number of carbonyl (C=O) groups is 2. The van der Waals surface area contributed by atoms with E-state index < -0.39 is 11.9 Å². The van der Waals surface area contributed by atoms with Crippen LogP contribution < -0.4 is 5.32 Å². The van der Waals surface area contributed by atoms with E-state index in [-0.39, 0.29) is 12.6 Å². The highest BCUT2D eigenvalue weighted by molar-refractivity contribution is 6.30. The highest BCUT2D eigenvalue weighted by Gasteiger charge is 2.30. The molecule has 102 valence electrons. The van der Waals surface area contributed by atoms with E-state index in [1.807, 2.05) is 12.1 Å². The van der Waals surface area contributed by atoms with Gasteiger partial charge in [-0.1, -0.05) is 23.7 Å². The lowest BCUT2D eigenvalue weighted by Gasteiger charge is -2.16. The molecule has 19 heavy (non-hydrogen) atoms. The summed E-state index contributed by atoms with van der Waals surface area (Å²) >= 11 is 5.85. The summed E-state index contributed by atoms with van der Waals surface area (Å²) < 4.78 is 0. The highest BCUT2D eigenvalue weighted by atomic mass is 35.5. The van der Waals surface area contributed by atoms with Gasteiger partial charge in [-0.05, 0) is 24.1 Å². The molecule has 2 rings (SSSR count). The van der Waals surface area contributed by atoms with Crippen molar-refractivity contribution in [2.45, 2.75) is 13.0 Å². The average molecular weight is 283 g/mol. The molecular weight excluding hydrogens is 268 g/mol. The second-order valence-electron chi connectivity index (χ2n) is 4.56. The number of aliphatic carboxylic acids is 1. The van der Waals surface area contributed by atoms with Gasteiger partial charge >= 0.3 is 12.0 Å². The van der Waals surface area contributed by atoms with Crippen molar-refractivity contribution < 1.29 is 14.7 Å². The van der Waals surface area contributed by atoms with Gasteiger partial charge in [0.05, 0.1) is 5.92 Å². The molecule has 1 aromatic rings. The second-order valence-corrected chi connectivity index (χ2v) is 4.99. The fraction of sp³-hybridized carbons (Fsp3) is 0.385. The number of nitrogens with zero attached hydrogens (tertiary/aromatic N) is 1. The Bertz CT molecular complexity index is 493. The van der Waals surface area contributed by atoms with E-state index in [0.717, 1.165) is 5.56 Å². The van der Waals surface area contributed by atoms with Gasteiger partial charge in [0.25, 0.3) is 0 Å². The predicted octanol–water partition coefficient (Wildman–Crippen LogP) is 1.96. The van der Waals surface area contributed by atoms with Gasteiger partial charge in [-0.2, -0.15) is 0 Å². The van der Waals surface area contributed by atoms with Crippen molar-refractivity contribution in [1.29, 1.82) is 0 Å². The minimum Gasteiger partial charge on any atom is -0.481 e. The van der Waals surface area contributed by atoms with E-state index >= 15 is 0 Å². The SMILES string of the molecule is O=C(O)C1CCN(C(=O)NCc2cccc(Cl)c2)C1. The number of hydrogen-bond acceptors (Lipinski definition) is 2. The van der Waals surface area contributed by atoms with Crippen LogP contribution in [0, 0.1) is 5.92 Å². The molecule has 2 amide bonds. The van der Waals surface area contributed by atoms with Crippen LogP contribution in [0.5, 0.6) is 0 Å². The van der Waals surface area contributed by atoms with E-state index in [4.69, 9.17) is 16.7 Å². The number of likely N-dealkylation sites (tertiary alicyclic amines) is 1. The van der Waals surface area contributed by atoms with Crippen LogP contribution in [0.4, 0.5) is 4.79 Å². The molecular formula is C13H15ClN2O3. The molecule has 1 aliphatic heterocycles. The largest absolute Gasteiger partial charge is 0.481 e. The van der Waals surface area contributed by atoms with Crippen molar-refractivity contribution >= 4 is 23.6 Å². The van der Waals surface area contributed by atoms with Gasteiger partial charge in [0.2, 0.25) is 0 Å². The molecule has 1 atom stereocenters. The van der Waals surface area contributed by atoms with Gasteiger partial charge in [0.1, 0.15) is 0 Å². The summed E-state index contributed by atoms with van der Waals surface area (Å²) in [4.78, 5) is 24.2. The maximum absolute atomic E-state index is 11.9. The molecule has 1 saturated heterocycles. The third kappa shape index (κ3) is 3.61. The first-order valence-corrected chi connectivity index (χ1v) is 6.44. The third-order valence-corrected chi connectivity index (χ3v) is 3.39. The first-order valence-electron chi connectivity index (χ1n) is 6.06. The highest BCUT2D eigenvalue weighted by Crippen LogP contribution is 2.16. The standard InChI is InChI=1S/C13H15ClN2O3/c14-11-3-1-2-9(6-11)7-15-13(19)16-5-4-10(8-16)12(17)18/h1-3,6,10H,4-5,7-8H2,(H,15,19)(H,17,18). The lowest BCUT2D eigenvalue weighted by Crippen LogP contribution is -2.38. The first kappa shape index (κ1) is 13.7. The molecule has 5 nitrogen and oxygen atoms in total. The van der Waals surface area contributed by atoms with Gasteiger partial charge in [-0.25, -0.2) is 4.79 Å². The number of nitrogens with one attached hydrogen (secondary N) is 1. The summed E-state index contributed by atoms with van der Waals surface area (Å²) in [5.41, 5.74) is 0.912. The summed E-state index contributed by atoms with van der Waals surface area (Å²) in [6.45, 7) is 1.14. The lowest BCUT2D eigenvalue weighted by molar-refractivity contribution is -0.141. The monoisotopic (exact) mass is 282 g/mol. The van der Waals surface area contributed by atoms with E-state index in [2.05, 4.69) is 5.32 Å². The van der Waals surface area contributed by atoms with Crippen molar-refractivity contribution in [2.24, 2.45) is 5.92 Å². The minimum absolute atomic E-state index is 0.233. The number of carboxylic acids is 1. The van der Waals surface area contributed by atoms with Gasteiger partial charge in [-0.15, -0.1) is 0 Å². The maximum atomic E-state index is 11.9. The predicted molar refractivity (Wildman–Crippen MR) is 71.0 cm³/mol. The fourth-order valence-corrected chi connectivity index (χ4v) is 2.30. The number of urea groups is 1. The Labute approximate surface area is 116 Å². The molecule has 1 heterocycles. The summed E-state index contributed by atoms with van der Waals surface area (Å²) in [6.07, 6.45) is 0.514. The Balaban J connectivity index is 1.84.